The van der Waals surface area contributed by atoms with Crippen molar-refractivity contribution in [3.8, 4) is 0 Å². The summed E-state index contributed by atoms with van der Waals surface area (Å²) in [5.74, 6) is 1.75. The van der Waals surface area contributed by atoms with E-state index in [1.165, 1.54) is 44.9 Å². The van der Waals surface area contributed by atoms with Gasteiger partial charge in [0.1, 0.15) is 6.61 Å². The van der Waals surface area contributed by atoms with Crippen molar-refractivity contribution in [2.45, 2.75) is 77.7 Å². The maximum atomic E-state index is 12.4. The Kier molecular flexibility index (Phi) is 7.01. The van der Waals surface area contributed by atoms with Gasteiger partial charge in [0.15, 0.2) is 0 Å². The lowest BCUT2D eigenvalue weighted by molar-refractivity contribution is -0.139. The average Bonchev–Trinajstić information content (AvgIpc) is 2.52. The molecule has 0 N–H and O–H groups in total. The zero-order valence-electron chi connectivity index (χ0n) is 14.0. The van der Waals surface area contributed by atoms with Crippen LogP contribution in [-0.2, 0) is 9.53 Å². The molecule has 3 heteroatoms. The van der Waals surface area contributed by atoms with Crippen molar-refractivity contribution in [2.75, 3.05) is 19.7 Å². The molecule has 0 bridgehead atoms. The maximum absolute atomic E-state index is 12.4. The molecule has 0 saturated heterocycles. The van der Waals surface area contributed by atoms with Crippen LogP contribution in [0.2, 0.25) is 0 Å². The van der Waals surface area contributed by atoms with Gasteiger partial charge in [-0.25, -0.2) is 0 Å². The van der Waals surface area contributed by atoms with Gasteiger partial charge in [-0.05, 0) is 57.3 Å². The lowest BCUT2D eigenvalue weighted by atomic mass is 9.89. The van der Waals surface area contributed by atoms with Crippen molar-refractivity contribution in [2.24, 2.45) is 11.8 Å². The van der Waals surface area contributed by atoms with Gasteiger partial charge in [0.2, 0.25) is 5.91 Å². The Bertz CT molecular complexity index is 304. The fourth-order valence-electron chi connectivity index (χ4n) is 3.77. The monoisotopic (exact) mass is 295 g/mol. The van der Waals surface area contributed by atoms with E-state index in [2.05, 4.69) is 13.8 Å². The molecule has 0 aromatic carbocycles. The highest BCUT2D eigenvalue weighted by atomic mass is 16.5. The third kappa shape index (κ3) is 5.61. The summed E-state index contributed by atoms with van der Waals surface area (Å²) in [6, 6.07) is 0. The first kappa shape index (κ1) is 16.8. The number of carbonyl (C=O) groups is 1. The first-order valence-corrected chi connectivity index (χ1v) is 9.08. The molecule has 0 unspecified atom stereocenters. The highest BCUT2D eigenvalue weighted by Crippen LogP contribution is 2.26. The van der Waals surface area contributed by atoms with Gasteiger partial charge in [0, 0.05) is 13.1 Å². The number of ether oxygens (including phenoxy) is 1. The lowest BCUT2D eigenvalue weighted by Gasteiger charge is -2.30. The fourth-order valence-corrected chi connectivity index (χ4v) is 3.77. The van der Waals surface area contributed by atoms with Crippen molar-refractivity contribution in [1.82, 2.24) is 4.90 Å². The Balaban J connectivity index is 1.69. The van der Waals surface area contributed by atoms with E-state index >= 15 is 0 Å². The molecule has 0 aliphatic heterocycles. The van der Waals surface area contributed by atoms with Crippen molar-refractivity contribution >= 4 is 5.91 Å². The lowest BCUT2D eigenvalue weighted by Crippen LogP contribution is -2.39. The molecule has 2 aliphatic carbocycles. The SMILES string of the molecule is CCN(CC1CCCCC1)C(=O)COC1CCC(C)CC1. The van der Waals surface area contributed by atoms with E-state index in [1.54, 1.807) is 0 Å². The number of likely N-dealkylation sites (N-methyl/N-ethyl adjacent to an activating group) is 1. The van der Waals surface area contributed by atoms with Gasteiger partial charge in [-0.2, -0.15) is 0 Å². The van der Waals surface area contributed by atoms with Gasteiger partial charge in [-0.15, -0.1) is 0 Å². The third-order valence-corrected chi connectivity index (χ3v) is 5.34. The molecule has 0 spiro atoms. The van der Waals surface area contributed by atoms with Crippen LogP contribution in [0.15, 0.2) is 0 Å². The van der Waals surface area contributed by atoms with Gasteiger partial charge in [0.25, 0.3) is 0 Å². The van der Waals surface area contributed by atoms with Crippen molar-refractivity contribution in [3.63, 3.8) is 0 Å². The van der Waals surface area contributed by atoms with Crippen LogP contribution in [0.5, 0.6) is 0 Å². The molecule has 2 saturated carbocycles. The number of nitrogens with zero attached hydrogens (tertiary/aromatic N) is 1. The number of rotatable bonds is 6. The number of hydrogen-bond donors (Lipinski definition) is 0. The smallest absolute Gasteiger partial charge is 0.248 e. The number of amides is 1. The van der Waals surface area contributed by atoms with Crippen molar-refractivity contribution < 1.29 is 9.53 Å². The Morgan fingerprint density at radius 1 is 1.05 bits per heavy atom. The molecule has 3 nitrogen and oxygen atoms in total. The van der Waals surface area contributed by atoms with E-state index in [1.807, 2.05) is 4.90 Å². The summed E-state index contributed by atoms with van der Waals surface area (Å²) in [7, 11) is 0. The molecule has 1 amide bonds. The molecule has 0 atom stereocenters. The van der Waals surface area contributed by atoms with Crippen LogP contribution >= 0.6 is 0 Å². The summed E-state index contributed by atoms with van der Waals surface area (Å²) in [5.41, 5.74) is 0. The van der Waals surface area contributed by atoms with Crippen molar-refractivity contribution in [1.29, 1.82) is 0 Å². The zero-order chi connectivity index (χ0) is 15.1. The Labute approximate surface area is 130 Å². The van der Waals surface area contributed by atoms with E-state index in [9.17, 15) is 4.79 Å². The molecule has 0 aromatic rings. The van der Waals surface area contributed by atoms with Gasteiger partial charge < -0.3 is 9.64 Å². The standard InChI is InChI=1S/C18H33NO2/c1-3-19(13-16-7-5-4-6-8-16)18(20)14-21-17-11-9-15(2)10-12-17/h15-17H,3-14H2,1-2H3. The molecule has 122 valence electrons. The third-order valence-electron chi connectivity index (χ3n) is 5.34. The highest BCUT2D eigenvalue weighted by molar-refractivity contribution is 5.77. The van der Waals surface area contributed by atoms with E-state index in [0.29, 0.717) is 12.7 Å². The zero-order valence-corrected chi connectivity index (χ0v) is 14.0. The molecule has 0 aromatic heterocycles. The number of hydrogen-bond acceptors (Lipinski definition) is 2. The van der Waals surface area contributed by atoms with E-state index in [-0.39, 0.29) is 5.91 Å². The van der Waals surface area contributed by atoms with Crippen LogP contribution in [-0.4, -0.2) is 36.6 Å². The summed E-state index contributed by atoms with van der Waals surface area (Å²) >= 11 is 0. The molecule has 2 aliphatic rings. The Hall–Kier alpha value is -0.570. The molecular formula is C18H33NO2. The van der Waals surface area contributed by atoms with Crippen LogP contribution in [0.4, 0.5) is 0 Å². The summed E-state index contributed by atoms with van der Waals surface area (Å²) in [5, 5.41) is 0. The normalized spacial score (nSPS) is 27.5. The second kappa shape index (κ2) is 8.77. The first-order valence-electron chi connectivity index (χ1n) is 9.08. The van der Waals surface area contributed by atoms with Gasteiger partial charge >= 0.3 is 0 Å². The highest BCUT2D eigenvalue weighted by Gasteiger charge is 2.23. The molecular weight excluding hydrogens is 262 g/mol. The Morgan fingerprint density at radius 3 is 2.33 bits per heavy atom. The topological polar surface area (TPSA) is 29.5 Å². The van der Waals surface area contributed by atoms with E-state index < -0.39 is 0 Å². The summed E-state index contributed by atoms with van der Waals surface area (Å²) < 4.78 is 5.87. The second-order valence-corrected chi connectivity index (χ2v) is 7.13. The van der Waals surface area contributed by atoms with Crippen LogP contribution < -0.4 is 0 Å². The van der Waals surface area contributed by atoms with E-state index in [4.69, 9.17) is 4.74 Å². The first-order chi connectivity index (χ1) is 10.2. The molecule has 0 heterocycles. The molecule has 2 fully saturated rings. The minimum absolute atomic E-state index is 0.196. The van der Waals surface area contributed by atoms with Gasteiger partial charge in [-0.3, -0.25) is 4.79 Å². The quantitative estimate of drug-likeness (QED) is 0.741. The molecule has 2 rings (SSSR count). The fraction of sp³-hybridized carbons (Fsp3) is 0.944. The van der Waals surface area contributed by atoms with Gasteiger partial charge in [-0.1, -0.05) is 26.2 Å². The molecule has 21 heavy (non-hydrogen) atoms. The van der Waals surface area contributed by atoms with Crippen LogP contribution in [0.3, 0.4) is 0 Å². The molecule has 0 radical (unpaired) electrons. The summed E-state index contributed by atoms with van der Waals surface area (Å²) in [6.07, 6.45) is 11.7. The minimum atomic E-state index is 0.196. The average molecular weight is 295 g/mol. The second-order valence-electron chi connectivity index (χ2n) is 7.13. The van der Waals surface area contributed by atoms with Crippen molar-refractivity contribution in [3.05, 3.63) is 0 Å². The predicted molar refractivity (Wildman–Crippen MR) is 86.2 cm³/mol. The minimum Gasteiger partial charge on any atom is -0.368 e. The largest absolute Gasteiger partial charge is 0.368 e. The van der Waals surface area contributed by atoms with Crippen LogP contribution in [0.1, 0.15) is 71.6 Å². The maximum Gasteiger partial charge on any atom is 0.248 e. The predicted octanol–water partition coefficient (Wildman–Crippen LogP) is 4.01. The van der Waals surface area contributed by atoms with E-state index in [0.717, 1.165) is 37.8 Å². The number of carbonyl (C=O) groups excluding carboxylic acids is 1. The van der Waals surface area contributed by atoms with Crippen LogP contribution in [0.25, 0.3) is 0 Å². The van der Waals surface area contributed by atoms with Gasteiger partial charge in [0.05, 0.1) is 6.10 Å². The summed E-state index contributed by atoms with van der Waals surface area (Å²) in [4.78, 5) is 14.4. The van der Waals surface area contributed by atoms with Crippen LogP contribution in [0, 0.1) is 11.8 Å². The Morgan fingerprint density at radius 2 is 1.71 bits per heavy atom. The summed E-state index contributed by atoms with van der Waals surface area (Å²) in [6.45, 7) is 6.45.